The van der Waals surface area contributed by atoms with Crippen LogP contribution in [0.2, 0.25) is 0 Å². The predicted molar refractivity (Wildman–Crippen MR) is 65.9 cm³/mol. The molecule has 0 amide bonds. The molecule has 1 atom stereocenters. The first-order valence-electron chi connectivity index (χ1n) is 6.17. The molecule has 0 saturated heterocycles. The Bertz CT molecular complexity index is 354. The van der Waals surface area contributed by atoms with Gasteiger partial charge >= 0.3 is 0 Å². The minimum absolute atomic E-state index is 0.389. The third kappa shape index (κ3) is 2.00. The van der Waals surface area contributed by atoms with E-state index < -0.39 is 5.60 Å². The number of hydrogen-bond donors (Lipinski definition) is 2. The van der Waals surface area contributed by atoms with Crippen molar-refractivity contribution < 1.29 is 5.11 Å². The van der Waals surface area contributed by atoms with Crippen LogP contribution in [0.1, 0.15) is 43.7 Å². The minimum atomic E-state index is -0.716. The lowest BCUT2D eigenvalue weighted by Crippen LogP contribution is -2.31. The fourth-order valence-corrected chi connectivity index (χ4v) is 2.90. The summed E-state index contributed by atoms with van der Waals surface area (Å²) in [7, 11) is 0. The predicted octanol–water partition coefficient (Wildman–Crippen LogP) is 2.54. The van der Waals surface area contributed by atoms with Crippen LogP contribution in [0.15, 0.2) is 24.3 Å². The zero-order valence-corrected chi connectivity index (χ0v) is 9.95. The fourth-order valence-electron chi connectivity index (χ4n) is 2.90. The van der Waals surface area contributed by atoms with Gasteiger partial charge in [-0.3, -0.25) is 0 Å². The number of nitrogens with two attached hydrogens (primary N) is 1. The van der Waals surface area contributed by atoms with Gasteiger partial charge in [0.2, 0.25) is 0 Å². The van der Waals surface area contributed by atoms with E-state index >= 15 is 0 Å². The molecule has 16 heavy (non-hydrogen) atoms. The summed E-state index contributed by atoms with van der Waals surface area (Å²) in [6.45, 7) is 2.44. The molecule has 2 rings (SSSR count). The monoisotopic (exact) mass is 219 g/mol. The second-order valence-corrected chi connectivity index (χ2v) is 4.99. The van der Waals surface area contributed by atoms with Crippen LogP contribution in [-0.2, 0) is 12.1 Å². The van der Waals surface area contributed by atoms with Crippen molar-refractivity contribution in [3.8, 4) is 0 Å². The summed E-state index contributed by atoms with van der Waals surface area (Å²) in [6, 6.07) is 7.99. The number of aliphatic hydroxyl groups is 1. The van der Waals surface area contributed by atoms with Crippen LogP contribution in [0.4, 0.5) is 0 Å². The molecule has 0 spiro atoms. The first-order chi connectivity index (χ1) is 7.66. The number of rotatable bonds is 3. The normalized spacial score (nSPS) is 20.9. The highest BCUT2D eigenvalue weighted by atomic mass is 16.3. The van der Waals surface area contributed by atoms with Crippen molar-refractivity contribution in [1.82, 2.24) is 0 Å². The Kier molecular flexibility index (Phi) is 3.31. The van der Waals surface area contributed by atoms with Gasteiger partial charge in [0.25, 0.3) is 0 Å². The lowest BCUT2D eigenvalue weighted by Gasteiger charge is -2.32. The molecule has 1 fully saturated rings. The van der Waals surface area contributed by atoms with Crippen molar-refractivity contribution in [2.75, 3.05) is 0 Å². The molecule has 0 bridgehead atoms. The summed E-state index contributed by atoms with van der Waals surface area (Å²) in [5.41, 5.74) is 7.11. The second kappa shape index (κ2) is 4.56. The van der Waals surface area contributed by atoms with Crippen molar-refractivity contribution in [3.63, 3.8) is 0 Å². The van der Waals surface area contributed by atoms with E-state index in [1.54, 1.807) is 0 Å². The average molecular weight is 219 g/mol. The summed E-state index contributed by atoms with van der Waals surface area (Å²) in [4.78, 5) is 0. The van der Waals surface area contributed by atoms with Gasteiger partial charge in [-0.2, -0.15) is 0 Å². The van der Waals surface area contributed by atoms with Gasteiger partial charge in [-0.05, 0) is 36.8 Å². The van der Waals surface area contributed by atoms with Crippen LogP contribution in [0, 0.1) is 5.92 Å². The molecule has 88 valence electrons. The standard InChI is InChI=1S/C14H21NO/c1-14(16,12-7-3-4-8-12)13-9-5-2-6-11(13)10-15/h2,5-6,9,12,16H,3-4,7-8,10,15H2,1H3. The molecule has 2 heteroatoms. The minimum Gasteiger partial charge on any atom is -0.385 e. The molecule has 0 heterocycles. The van der Waals surface area contributed by atoms with Crippen LogP contribution in [0.25, 0.3) is 0 Å². The molecule has 0 aromatic heterocycles. The SMILES string of the molecule is CC(O)(c1ccccc1CN)C1CCCC1. The summed E-state index contributed by atoms with van der Waals surface area (Å²) in [5, 5.41) is 10.7. The maximum absolute atomic E-state index is 10.7. The van der Waals surface area contributed by atoms with Gasteiger partial charge in [0.05, 0.1) is 5.60 Å². The molecular weight excluding hydrogens is 198 g/mol. The van der Waals surface area contributed by atoms with Gasteiger partial charge in [0.15, 0.2) is 0 Å². The van der Waals surface area contributed by atoms with Crippen molar-refractivity contribution >= 4 is 0 Å². The molecule has 1 unspecified atom stereocenters. The fraction of sp³-hybridized carbons (Fsp3) is 0.571. The number of hydrogen-bond acceptors (Lipinski definition) is 2. The van der Waals surface area contributed by atoms with Gasteiger partial charge in [-0.15, -0.1) is 0 Å². The Morgan fingerprint density at radius 3 is 2.56 bits per heavy atom. The van der Waals surface area contributed by atoms with Crippen molar-refractivity contribution in [1.29, 1.82) is 0 Å². The van der Waals surface area contributed by atoms with E-state index in [1.807, 2.05) is 31.2 Å². The van der Waals surface area contributed by atoms with Gasteiger partial charge in [0, 0.05) is 6.54 Å². The first kappa shape index (κ1) is 11.6. The third-order valence-electron chi connectivity index (χ3n) is 3.93. The maximum atomic E-state index is 10.7. The topological polar surface area (TPSA) is 46.2 Å². The van der Waals surface area contributed by atoms with Crippen LogP contribution in [0.5, 0.6) is 0 Å². The summed E-state index contributed by atoms with van der Waals surface area (Å²) >= 11 is 0. The molecule has 1 aliphatic carbocycles. The highest BCUT2D eigenvalue weighted by Gasteiger charge is 2.36. The van der Waals surface area contributed by atoms with E-state index in [1.165, 1.54) is 12.8 Å². The van der Waals surface area contributed by atoms with E-state index in [4.69, 9.17) is 5.73 Å². The zero-order chi connectivity index (χ0) is 11.6. The highest BCUT2D eigenvalue weighted by molar-refractivity contribution is 5.32. The number of benzene rings is 1. The van der Waals surface area contributed by atoms with E-state index in [9.17, 15) is 5.11 Å². The van der Waals surface area contributed by atoms with Crippen molar-refractivity contribution in [2.24, 2.45) is 11.7 Å². The van der Waals surface area contributed by atoms with Crippen LogP contribution < -0.4 is 5.73 Å². The Morgan fingerprint density at radius 1 is 1.31 bits per heavy atom. The second-order valence-electron chi connectivity index (χ2n) is 4.99. The lowest BCUT2D eigenvalue weighted by molar-refractivity contribution is -0.00409. The molecule has 1 saturated carbocycles. The molecule has 1 aromatic carbocycles. The summed E-state index contributed by atoms with van der Waals surface area (Å²) < 4.78 is 0. The van der Waals surface area contributed by atoms with Gasteiger partial charge in [-0.1, -0.05) is 37.1 Å². The van der Waals surface area contributed by atoms with Gasteiger partial charge in [0.1, 0.15) is 0 Å². The zero-order valence-electron chi connectivity index (χ0n) is 9.95. The molecule has 2 nitrogen and oxygen atoms in total. The molecular formula is C14H21NO. The quantitative estimate of drug-likeness (QED) is 0.820. The van der Waals surface area contributed by atoms with Crippen molar-refractivity contribution in [3.05, 3.63) is 35.4 Å². The molecule has 0 aliphatic heterocycles. The largest absolute Gasteiger partial charge is 0.385 e. The van der Waals surface area contributed by atoms with Gasteiger partial charge in [-0.25, -0.2) is 0 Å². The third-order valence-corrected chi connectivity index (χ3v) is 3.93. The molecule has 3 N–H and O–H groups in total. The Morgan fingerprint density at radius 2 is 1.94 bits per heavy atom. The van der Waals surface area contributed by atoms with E-state index in [0.29, 0.717) is 12.5 Å². The Labute approximate surface area is 97.5 Å². The Hall–Kier alpha value is -0.860. The lowest BCUT2D eigenvalue weighted by atomic mass is 9.80. The van der Waals surface area contributed by atoms with Crippen LogP contribution >= 0.6 is 0 Å². The van der Waals surface area contributed by atoms with E-state index in [0.717, 1.165) is 24.0 Å². The summed E-state index contributed by atoms with van der Waals surface area (Å²) in [5.74, 6) is 0.389. The van der Waals surface area contributed by atoms with Crippen molar-refractivity contribution in [2.45, 2.75) is 44.8 Å². The average Bonchev–Trinajstić information content (AvgIpc) is 2.83. The maximum Gasteiger partial charge on any atom is 0.0899 e. The Balaban J connectivity index is 2.33. The molecule has 0 radical (unpaired) electrons. The van der Waals surface area contributed by atoms with E-state index in [2.05, 4.69) is 0 Å². The van der Waals surface area contributed by atoms with Crippen LogP contribution in [-0.4, -0.2) is 5.11 Å². The molecule has 1 aliphatic rings. The van der Waals surface area contributed by atoms with Crippen LogP contribution in [0.3, 0.4) is 0 Å². The smallest absolute Gasteiger partial charge is 0.0899 e. The van der Waals surface area contributed by atoms with E-state index in [-0.39, 0.29) is 0 Å². The first-order valence-corrected chi connectivity index (χ1v) is 6.17. The van der Waals surface area contributed by atoms with Gasteiger partial charge < -0.3 is 10.8 Å². The summed E-state index contributed by atoms with van der Waals surface area (Å²) in [6.07, 6.45) is 4.75. The highest BCUT2D eigenvalue weighted by Crippen LogP contribution is 2.41. The molecule has 1 aromatic rings.